The maximum atomic E-state index is 14.4. The van der Waals surface area contributed by atoms with Crippen LogP contribution in [0.2, 0.25) is 5.02 Å². The Balaban J connectivity index is 1.40. The van der Waals surface area contributed by atoms with Crippen LogP contribution in [0.1, 0.15) is 36.7 Å². The molecule has 5 rings (SSSR count). The van der Waals surface area contributed by atoms with E-state index in [0.717, 1.165) is 18.7 Å². The van der Waals surface area contributed by atoms with Gasteiger partial charge in [-0.1, -0.05) is 17.7 Å². The summed E-state index contributed by atoms with van der Waals surface area (Å²) in [7, 11) is 0. The van der Waals surface area contributed by atoms with Crippen molar-refractivity contribution in [2.75, 3.05) is 19.8 Å². The number of halogens is 2. The van der Waals surface area contributed by atoms with Gasteiger partial charge in [-0.3, -0.25) is 15.2 Å². The van der Waals surface area contributed by atoms with Crippen LogP contribution >= 0.6 is 11.6 Å². The fourth-order valence-electron chi connectivity index (χ4n) is 5.11. The highest BCUT2D eigenvalue weighted by Gasteiger charge is 2.54. The lowest BCUT2D eigenvalue weighted by Gasteiger charge is -2.36. The molecule has 4 aliphatic heterocycles. The van der Waals surface area contributed by atoms with E-state index in [1.54, 1.807) is 18.2 Å². The largest absolute Gasteiger partial charge is 0.387 e. The number of rotatable bonds is 2. The van der Waals surface area contributed by atoms with Crippen LogP contribution in [0.5, 0.6) is 0 Å². The Labute approximate surface area is 173 Å². The molecule has 2 unspecified atom stereocenters. The molecule has 29 heavy (non-hydrogen) atoms. The Hall–Kier alpha value is -1.13. The molecule has 2 saturated heterocycles. The number of ether oxygens (including phenoxy) is 2. The molecule has 0 aliphatic carbocycles. The van der Waals surface area contributed by atoms with Crippen LogP contribution in [0.25, 0.3) is 0 Å². The van der Waals surface area contributed by atoms with E-state index >= 15 is 0 Å². The van der Waals surface area contributed by atoms with Crippen molar-refractivity contribution in [1.29, 1.82) is 0 Å². The van der Waals surface area contributed by atoms with Crippen LogP contribution in [-0.4, -0.2) is 71.4 Å². The fourth-order valence-corrected chi connectivity index (χ4v) is 5.29. The third-order valence-electron chi connectivity index (χ3n) is 6.62. The van der Waals surface area contributed by atoms with Crippen molar-refractivity contribution < 1.29 is 24.1 Å². The summed E-state index contributed by atoms with van der Waals surface area (Å²) < 4.78 is 26.3. The Kier molecular flexibility index (Phi) is 5.14. The second kappa shape index (κ2) is 7.53. The average Bonchev–Trinajstić information content (AvgIpc) is 3.26. The van der Waals surface area contributed by atoms with Crippen LogP contribution in [0.3, 0.4) is 0 Å². The van der Waals surface area contributed by atoms with Crippen molar-refractivity contribution in [3.8, 4) is 0 Å². The van der Waals surface area contributed by atoms with Gasteiger partial charge < -0.3 is 19.7 Å². The summed E-state index contributed by atoms with van der Waals surface area (Å²) in [4.78, 5) is 6.51. The predicted molar refractivity (Wildman–Crippen MR) is 104 cm³/mol. The number of aliphatic hydroxyl groups is 2. The van der Waals surface area contributed by atoms with E-state index in [9.17, 15) is 14.6 Å². The smallest absolute Gasteiger partial charge is 0.149 e. The fraction of sp³-hybridized carbons (Fsp3) is 0.650. The van der Waals surface area contributed by atoms with Gasteiger partial charge in [-0.05, 0) is 36.6 Å². The molecular weight excluding hydrogens is 401 g/mol. The highest BCUT2D eigenvalue weighted by Crippen LogP contribution is 2.43. The van der Waals surface area contributed by atoms with Gasteiger partial charge in [0.25, 0.3) is 0 Å². The maximum Gasteiger partial charge on any atom is 0.149 e. The third-order valence-corrected chi connectivity index (χ3v) is 6.85. The van der Waals surface area contributed by atoms with E-state index in [1.807, 2.05) is 6.92 Å². The minimum Gasteiger partial charge on any atom is -0.387 e. The van der Waals surface area contributed by atoms with E-state index < -0.39 is 36.8 Å². The highest BCUT2D eigenvalue weighted by molar-refractivity contribution is 6.30. The number of aliphatic hydroxyl groups excluding tert-OH is 2. The molecule has 1 aromatic rings. The van der Waals surface area contributed by atoms with E-state index in [0.29, 0.717) is 22.8 Å². The zero-order valence-electron chi connectivity index (χ0n) is 16.0. The summed E-state index contributed by atoms with van der Waals surface area (Å²) in [6.45, 7) is 3.13. The van der Waals surface area contributed by atoms with E-state index in [1.165, 1.54) is 0 Å². The molecule has 0 saturated carbocycles. The third kappa shape index (κ3) is 3.22. The molecule has 0 amide bonds. The van der Waals surface area contributed by atoms with Gasteiger partial charge in [0.1, 0.15) is 36.8 Å². The van der Waals surface area contributed by atoms with E-state index in [4.69, 9.17) is 21.1 Å². The molecule has 3 N–H and O–H groups in total. The summed E-state index contributed by atoms with van der Waals surface area (Å²) in [6.07, 6.45) is -4.77. The summed E-state index contributed by atoms with van der Waals surface area (Å²) >= 11 is 6.04. The Morgan fingerprint density at radius 2 is 2.10 bits per heavy atom. The molecule has 4 aliphatic rings. The lowest BCUT2D eigenvalue weighted by atomic mass is 9.91. The zero-order valence-corrected chi connectivity index (χ0v) is 16.8. The van der Waals surface area contributed by atoms with Gasteiger partial charge in [0.15, 0.2) is 0 Å². The summed E-state index contributed by atoms with van der Waals surface area (Å²) in [5.74, 6) is 0.261. The number of hydrogen-bond donors (Lipinski definition) is 3. The molecule has 0 bridgehead atoms. The SMILES string of the molecule is CC1=NCNC2C1CCN2[C@@H]1O[C@H]([C@@H]2OC[C@@H](F)c3cc(Cl)ccc32)[C@@H](O)[C@H]1O. The Bertz CT molecular complexity index is 827. The van der Waals surface area contributed by atoms with Crippen molar-refractivity contribution in [2.45, 2.75) is 56.3 Å². The number of aliphatic imine (C=N–C) groups is 1. The molecule has 9 heteroatoms. The second-order valence-corrected chi connectivity index (χ2v) is 8.64. The quantitative estimate of drug-likeness (QED) is 0.666. The first-order valence-corrected chi connectivity index (χ1v) is 10.4. The summed E-state index contributed by atoms with van der Waals surface area (Å²) in [5, 5.41) is 25.4. The van der Waals surface area contributed by atoms with Crippen molar-refractivity contribution >= 4 is 17.3 Å². The molecule has 158 valence electrons. The number of likely N-dealkylation sites (tertiary alicyclic amines) is 1. The summed E-state index contributed by atoms with van der Waals surface area (Å²) in [5.41, 5.74) is 2.14. The lowest BCUT2D eigenvalue weighted by Crippen LogP contribution is -2.55. The van der Waals surface area contributed by atoms with E-state index in [2.05, 4.69) is 15.2 Å². The molecule has 1 aromatic carbocycles. The average molecular weight is 426 g/mol. The van der Waals surface area contributed by atoms with Gasteiger partial charge in [-0.15, -0.1) is 0 Å². The molecule has 0 aromatic heterocycles. The molecule has 8 atom stereocenters. The maximum absolute atomic E-state index is 14.4. The van der Waals surface area contributed by atoms with Crippen molar-refractivity contribution in [2.24, 2.45) is 10.9 Å². The number of benzene rings is 1. The van der Waals surface area contributed by atoms with Gasteiger partial charge in [0.2, 0.25) is 0 Å². The normalized spacial score (nSPS) is 42.4. The van der Waals surface area contributed by atoms with E-state index in [-0.39, 0.29) is 18.7 Å². The molecular formula is C20H25ClFN3O4. The molecule has 2 fully saturated rings. The van der Waals surface area contributed by atoms with Crippen LogP contribution < -0.4 is 5.32 Å². The Morgan fingerprint density at radius 3 is 2.93 bits per heavy atom. The monoisotopic (exact) mass is 425 g/mol. The number of fused-ring (bicyclic) bond motifs is 2. The van der Waals surface area contributed by atoms with Crippen LogP contribution in [0, 0.1) is 5.92 Å². The molecule has 0 spiro atoms. The number of nitrogens with one attached hydrogen (secondary N) is 1. The topological polar surface area (TPSA) is 86.6 Å². The van der Waals surface area contributed by atoms with Crippen molar-refractivity contribution in [1.82, 2.24) is 10.2 Å². The summed E-state index contributed by atoms with van der Waals surface area (Å²) in [6, 6.07) is 4.97. The Morgan fingerprint density at radius 1 is 1.28 bits per heavy atom. The number of hydrogen-bond acceptors (Lipinski definition) is 7. The predicted octanol–water partition coefficient (Wildman–Crippen LogP) is 1.54. The molecule has 4 heterocycles. The van der Waals surface area contributed by atoms with Crippen LogP contribution in [-0.2, 0) is 9.47 Å². The lowest BCUT2D eigenvalue weighted by molar-refractivity contribution is -0.145. The standard InChI is InChI=1S/C20H25ClFN3O4/c1-9-11-4-5-25(19(11)24-8-23-9)20-16(27)15(26)18(29-20)17-12-3-2-10(21)6-13(12)14(22)7-28-17/h2-3,6,11,14-20,24,26-27H,4-5,7-8H2,1H3/t11?,14-,15+,16-,17-,18+,19?,20-/m1/s1. The van der Waals surface area contributed by atoms with Crippen LogP contribution in [0.15, 0.2) is 23.2 Å². The first-order valence-electron chi connectivity index (χ1n) is 10.0. The first kappa shape index (κ1) is 19.8. The number of nitrogens with zero attached hydrogens (tertiary/aromatic N) is 2. The van der Waals surface area contributed by atoms with Gasteiger partial charge in [0, 0.05) is 23.2 Å². The first-order chi connectivity index (χ1) is 14.0. The van der Waals surface area contributed by atoms with Gasteiger partial charge in [0.05, 0.1) is 19.4 Å². The van der Waals surface area contributed by atoms with Crippen molar-refractivity contribution in [3.63, 3.8) is 0 Å². The highest BCUT2D eigenvalue weighted by atomic mass is 35.5. The second-order valence-electron chi connectivity index (χ2n) is 8.21. The molecule has 7 nitrogen and oxygen atoms in total. The minimum atomic E-state index is -1.28. The van der Waals surface area contributed by atoms with Gasteiger partial charge >= 0.3 is 0 Å². The van der Waals surface area contributed by atoms with Crippen molar-refractivity contribution in [3.05, 3.63) is 34.3 Å². The zero-order chi connectivity index (χ0) is 20.3. The molecule has 0 radical (unpaired) electrons. The van der Waals surface area contributed by atoms with Gasteiger partial charge in [-0.2, -0.15) is 0 Å². The van der Waals surface area contributed by atoms with Crippen LogP contribution in [0.4, 0.5) is 4.39 Å². The minimum absolute atomic E-state index is 0.00619. The number of alkyl halides is 1. The van der Waals surface area contributed by atoms with Gasteiger partial charge in [-0.25, -0.2) is 4.39 Å².